The third-order valence-corrected chi connectivity index (χ3v) is 5.98. The van der Waals surface area contributed by atoms with Crippen molar-refractivity contribution in [3.8, 4) is 0 Å². The Hall–Kier alpha value is -1.28. The molecule has 1 aromatic heterocycles. The average Bonchev–Trinajstić information content (AvgIpc) is 3.00. The van der Waals surface area contributed by atoms with Crippen molar-refractivity contribution in [1.29, 1.82) is 0 Å². The lowest BCUT2D eigenvalue weighted by Crippen LogP contribution is -2.51. The Kier molecular flexibility index (Phi) is 4.34. The quantitative estimate of drug-likeness (QED) is 0.859. The summed E-state index contributed by atoms with van der Waals surface area (Å²) in [6.45, 7) is 0.483. The number of thiazole rings is 1. The summed E-state index contributed by atoms with van der Waals surface area (Å²) >= 11 is 3.14. The summed E-state index contributed by atoms with van der Waals surface area (Å²) in [5.74, 6) is 0.0286. The molecule has 8 heteroatoms. The van der Waals surface area contributed by atoms with Gasteiger partial charge in [-0.15, -0.1) is 23.1 Å². The second kappa shape index (κ2) is 6.23. The Balaban J connectivity index is 1.58. The summed E-state index contributed by atoms with van der Waals surface area (Å²) in [5, 5.41) is 15.0. The number of carbonyl (C=O) groups is 2. The van der Waals surface area contributed by atoms with E-state index in [1.165, 1.54) is 4.90 Å². The largest absolute Gasteiger partial charge is 0.480 e. The van der Waals surface area contributed by atoms with E-state index in [1.54, 1.807) is 29.3 Å². The number of aromatic nitrogens is 1. The first-order valence-electron chi connectivity index (χ1n) is 6.96. The number of aliphatic carboxylic acids is 1. The molecule has 6 nitrogen and oxygen atoms in total. The minimum absolute atomic E-state index is 0.0194. The van der Waals surface area contributed by atoms with E-state index in [4.69, 9.17) is 0 Å². The van der Waals surface area contributed by atoms with Crippen molar-refractivity contribution in [2.45, 2.75) is 30.7 Å². The molecule has 3 rings (SSSR count). The maximum atomic E-state index is 12.4. The summed E-state index contributed by atoms with van der Waals surface area (Å²) < 4.78 is 0. The summed E-state index contributed by atoms with van der Waals surface area (Å²) in [6.07, 6.45) is 4.60. The highest BCUT2D eigenvalue weighted by molar-refractivity contribution is 8.00. The Bertz CT molecular complexity index is 519. The van der Waals surface area contributed by atoms with Crippen molar-refractivity contribution in [2.75, 3.05) is 12.3 Å². The van der Waals surface area contributed by atoms with Crippen LogP contribution >= 0.6 is 23.1 Å². The van der Waals surface area contributed by atoms with Gasteiger partial charge in [0.15, 0.2) is 0 Å². The zero-order valence-corrected chi connectivity index (χ0v) is 13.0. The van der Waals surface area contributed by atoms with Crippen LogP contribution in [-0.2, 0) is 11.2 Å². The molecule has 0 spiro atoms. The van der Waals surface area contributed by atoms with Gasteiger partial charge in [-0.25, -0.2) is 14.6 Å². The van der Waals surface area contributed by atoms with Gasteiger partial charge in [0.1, 0.15) is 6.04 Å². The van der Waals surface area contributed by atoms with E-state index in [2.05, 4.69) is 10.3 Å². The molecule has 21 heavy (non-hydrogen) atoms. The third kappa shape index (κ3) is 3.32. The van der Waals surface area contributed by atoms with Crippen LogP contribution in [0.4, 0.5) is 4.79 Å². The number of hydrogen-bond donors (Lipinski definition) is 2. The van der Waals surface area contributed by atoms with Crippen molar-refractivity contribution in [1.82, 2.24) is 15.2 Å². The fraction of sp³-hybridized carbons (Fsp3) is 0.615. The SMILES string of the molecule is O=C(O)C1CSC(C2CC2)N1C(=O)NCCc1nccs1. The van der Waals surface area contributed by atoms with Gasteiger partial charge in [-0.05, 0) is 18.8 Å². The zero-order valence-electron chi connectivity index (χ0n) is 11.4. The Morgan fingerprint density at radius 2 is 2.29 bits per heavy atom. The van der Waals surface area contributed by atoms with Gasteiger partial charge in [0.05, 0.1) is 10.4 Å². The van der Waals surface area contributed by atoms with E-state index in [0.717, 1.165) is 17.8 Å². The lowest BCUT2D eigenvalue weighted by molar-refractivity contribution is -0.141. The molecule has 2 unspecified atom stereocenters. The molecule has 1 aliphatic carbocycles. The van der Waals surface area contributed by atoms with Crippen LogP contribution in [0, 0.1) is 5.92 Å². The molecule has 0 aromatic carbocycles. The van der Waals surface area contributed by atoms with E-state index in [1.807, 2.05) is 5.38 Å². The molecule has 2 amide bonds. The monoisotopic (exact) mass is 327 g/mol. The van der Waals surface area contributed by atoms with Crippen LogP contribution < -0.4 is 5.32 Å². The van der Waals surface area contributed by atoms with Gasteiger partial charge in [0, 0.05) is 30.3 Å². The predicted molar refractivity (Wildman–Crippen MR) is 81.4 cm³/mol. The molecule has 0 radical (unpaired) electrons. The number of carboxylic acids is 1. The number of carbonyl (C=O) groups excluding carboxylic acids is 1. The van der Waals surface area contributed by atoms with Crippen molar-refractivity contribution < 1.29 is 14.7 Å². The fourth-order valence-electron chi connectivity index (χ4n) is 2.46. The van der Waals surface area contributed by atoms with Gasteiger partial charge in [-0.1, -0.05) is 0 Å². The molecule has 2 aliphatic rings. The summed E-state index contributed by atoms with van der Waals surface area (Å²) in [7, 11) is 0. The smallest absolute Gasteiger partial charge is 0.327 e. The van der Waals surface area contributed by atoms with E-state index in [9.17, 15) is 14.7 Å². The minimum atomic E-state index is -0.916. The van der Waals surface area contributed by atoms with Crippen LogP contribution in [0.5, 0.6) is 0 Å². The standard InChI is InChI=1S/C13H17N3O3S2/c17-12(18)9-7-21-11(8-1-2-8)16(9)13(19)15-4-3-10-14-5-6-20-10/h5-6,8-9,11H,1-4,7H2,(H,15,19)(H,17,18). The highest BCUT2D eigenvalue weighted by Crippen LogP contribution is 2.45. The van der Waals surface area contributed by atoms with Gasteiger partial charge in [0.2, 0.25) is 0 Å². The second-order valence-electron chi connectivity index (χ2n) is 5.23. The highest BCUT2D eigenvalue weighted by atomic mass is 32.2. The molecule has 2 atom stereocenters. The van der Waals surface area contributed by atoms with Gasteiger partial charge in [-0.3, -0.25) is 4.90 Å². The lowest BCUT2D eigenvalue weighted by atomic mass is 10.2. The molecule has 1 aliphatic heterocycles. The van der Waals surface area contributed by atoms with Crippen LogP contribution in [0.1, 0.15) is 17.8 Å². The first-order valence-corrected chi connectivity index (χ1v) is 8.88. The van der Waals surface area contributed by atoms with Crippen LogP contribution in [0.2, 0.25) is 0 Å². The summed E-state index contributed by atoms with van der Waals surface area (Å²) in [4.78, 5) is 29.4. The van der Waals surface area contributed by atoms with E-state index in [0.29, 0.717) is 24.6 Å². The highest BCUT2D eigenvalue weighted by Gasteiger charge is 2.47. The van der Waals surface area contributed by atoms with E-state index >= 15 is 0 Å². The molecule has 2 fully saturated rings. The Morgan fingerprint density at radius 1 is 1.48 bits per heavy atom. The topological polar surface area (TPSA) is 82.5 Å². The Morgan fingerprint density at radius 3 is 2.90 bits per heavy atom. The maximum Gasteiger partial charge on any atom is 0.327 e. The number of nitrogens with one attached hydrogen (secondary N) is 1. The molecule has 1 saturated heterocycles. The number of hydrogen-bond acceptors (Lipinski definition) is 5. The van der Waals surface area contributed by atoms with E-state index in [-0.39, 0.29) is 11.4 Å². The molecule has 1 saturated carbocycles. The predicted octanol–water partition coefficient (Wildman–Crippen LogP) is 1.63. The molecular formula is C13H17N3O3S2. The van der Waals surface area contributed by atoms with Crippen LogP contribution in [-0.4, -0.2) is 50.7 Å². The third-order valence-electron chi connectivity index (χ3n) is 3.68. The molecule has 114 valence electrons. The first-order chi connectivity index (χ1) is 10.2. The number of amides is 2. The summed E-state index contributed by atoms with van der Waals surface area (Å²) in [6, 6.07) is -0.971. The minimum Gasteiger partial charge on any atom is -0.480 e. The molecule has 2 heterocycles. The summed E-state index contributed by atoms with van der Waals surface area (Å²) in [5.41, 5.74) is 0. The van der Waals surface area contributed by atoms with Crippen LogP contribution in [0.15, 0.2) is 11.6 Å². The lowest BCUT2D eigenvalue weighted by Gasteiger charge is -2.27. The van der Waals surface area contributed by atoms with Crippen molar-refractivity contribution in [3.05, 3.63) is 16.6 Å². The maximum absolute atomic E-state index is 12.4. The fourth-order valence-corrected chi connectivity index (χ4v) is 4.71. The van der Waals surface area contributed by atoms with Gasteiger partial charge < -0.3 is 10.4 Å². The van der Waals surface area contributed by atoms with E-state index < -0.39 is 12.0 Å². The Labute approximate surface area is 130 Å². The number of rotatable bonds is 5. The number of thioether (sulfide) groups is 1. The van der Waals surface area contributed by atoms with Crippen molar-refractivity contribution in [2.24, 2.45) is 5.92 Å². The van der Waals surface area contributed by atoms with Gasteiger partial charge in [-0.2, -0.15) is 0 Å². The second-order valence-corrected chi connectivity index (χ2v) is 7.36. The molecule has 0 bridgehead atoms. The van der Waals surface area contributed by atoms with Crippen LogP contribution in [0.3, 0.4) is 0 Å². The molecular weight excluding hydrogens is 310 g/mol. The van der Waals surface area contributed by atoms with Crippen molar-refractivity contribution in [3.63, 3.8) is 0 Å². The van der Waals surface area contributed by atoms with Gasteiger partial charge >= 0.3 is 12.0 Å². The molecule has 1 aromatic rings. The van der Waals surface area contributed by atoms with Crippen molar-refractivity contribution >= 4 is 35.1 Å². The average molecular weight is 327 g/mol. The first kappa shape index (κ1) is 14.6. The van der Waals surface area contributed by atoms with Gasteiger partial charge in [0.25, 0.3) is 0 Å². The normalized spacial score (nSPS) is 25.0. The molecule has 2 N–H and O–H groups in total. The number of urea groups is 1. The number of carboxylic acid groups (broad SMARTS) is 1. The van der Waals surface area contributed by atoms with Crippen LogP contribution in [0.25, 0.3) is 0 Å². The zero-order chi connectivity index (χ0) is 14.8. The number of nitrogens with zero attached hydrogens (tertiary/aromatic N) is 2.